The second kappa shape index (κ2) is 8.16. The molecule has 0 amide bonds. The lowest BCUT2D eigenvalue weighted by atomic mass is 10.1. The normalized spacial score (nSPS) is 12.4. The molecule has 148 valence electrons. The summed E-state index contributed by atoms with van der Waals surface area (Å²) in [6.07, 6.45) is -4.77. The summed E-state index contributed by atoms with van der Waals surface area (Å²) < 4.78 is 60.2. The highest BCUT2D eigenvalue weighted by atomic mass is 35.5. The Morgan fingerprint density at radius 2 is 1.85 bits per heavy atom. The van der Waals surface area contributed by atoms with Crippen molar-refractivity contribution >= 4 is 40.5 Å². The lowest BCUT2D eigenvalue weighted by Crippen LogP contribution is -2.11. The van der Waals surface area contributed by atoms with Crippen molar-refractivity contribution in [2.45, 2.75) is 13.1 Å². The van der Waals surface area contributed by atoms with E-state index in [1.54, 1.807) is 6.92 Å². The largest absolute Gasteiger partial charge is 0.486 e. The molecule has 0 saturated heterocycles. The summed E-state index contributed by atoms with van der Waals surface area (Å²) in [5.74, 6) is -0.888. The Balaban J connectivity index is 2.57. The molecule has 1 aromatic heterocycles. The fourth-order valence-corrected chi connectivity index (χ4v) is 3.32. The van der Waals surface area contributed by atoms with Crippen molar-refractivity contribution in [3.63, 3.8) is 0 Å². The second-order valence-corrected chi connectivity index (χ2v) is 6.59. The SMILES string of the molecule is CO/N=C(/C)COc1cc(-c2c(Cl)c(C(F)(F)F)n(C)c2Cl)c(F)cc1Cl. The van der Waals surface area contributed by atoms with Gasteiger partial charge in [-0.05, 0) is 19.1 Å². The molecule has 0 unspecified atom stereocenters. The van der Waals surface area contributed by atoms with Crippen molar-refractivity contribution in [2.75, 3.05) is 13.7 Å². The highest BCUT2D eigenvalue weighted by molar-refractivity contribution is 6.40. The van der Waals surface area contributed by atoms with E-state index in [9.17, 15) is 17.6 Å². The average molecular weight is 448 g/mol. The van der Waals surface area contributed by atoms with E-state index in [1.165, 1.54) is 7.11 Å². The van der Waals surface area contributed by atoms with Gasteiger partial charge in [0.2, 0.25) is 0 Å². The maximum absolute atomic E-state index is 14.4. The molecule has 0 aliphatic heterocycles. The van der Waals surface area contributed by atoms with Gasteiger partial charge >= 0.3 is 6.18 Å². The summed E-state index contributed by atoms with van der Waals surface area (Å²) in [7, 11) is 2.43. The summed E-state index contributed by atoms with van der Waals surface area (Å²) in [5.41, 5.74) is -1.33. The molecule has 0 N–H and O–H groups in total. The molecule has 4 nitrogen and oxygen atoms in total. The van der Waals surface area contributed by atoms with Crippen LogP contribution < -0.4 is 4.74 Å². The van der Waals surface area contributed by atoms with Crippen LogP contribution in [0.3, 0.4) is 0 Å². The number of rotatable bonds is 5. The van der Waals surface area contributed by atoms with Crippen LogP contribution >= 0.6 is 34.8 Å². The molecule has 0 radical (unpaired) electrons. The van der Waals surface area contributed by atoms with Gasteiger partial charge in [-0.15, -0.1) is 0 Å². The third-order valence-corrected chi connectivity index (χ3v) is 4.61. The predicted octanol–water partition coefficient (Wildman–Crippen LogP) is 6.21. The van der Waals surface area contributed by atoms with E-state index in [2.05, 4.69) is 9.99 Å². The molecular weight excluding hydrogens is 435 g/mol. The van der Waals surface area contributed by atoms with Gasteiger partial charge in [0.15, 0.2) is 0 Å². The van der Waals surface area contributed by atoms with Gasteiger partial charge in [0.25, 0.3) is 0 Å². The fraction of sp³-hybridized carbons (Fsp3) is 0.312. The van der Waals surface area contributed by atoms with Crippen molar-refractivity contribution in [2.24, 2.45) is 12.2 Å². The van der Waals surface area contributed by atoms with E-state index < -0.39 is 22.7 Å². The predicted molar refractivity (Wildman–Crippen MR) is 96.5 cm³/mol. The molecule has 0 fully saturated rings. The van der Waals surface area contributed by atoms with Gasteiger partial charge in [0, 0.05) is 18.2 Å². The van der Waals surface area contributed by atoms with Gasteiger partial charge < -0.3 is 14.1 Å². The average Bonchev–Trinajstić information content (AvgIpc) is 2.77. The molecule has 0 bridgehead atoms. The molecule has 27 heavy (non-hydrogen) atoms. The molecule has 0 saturated carbocycles. The summed E-state index contributed by atoms with van der Waals surface area (Å²) in [4.78, 5) is 4.58. The first kappa shape index (κ1) is 21.7. The number of hydrogen-bond donors (Lipinski definition) is 0. The summed E-state index contributed by atoms with van der Waals surface area (Å²) in [5, 5.41) is 2.46. The van der Waals surface area contributed by atoms with E-state index in [1.807, 2.05) is 0 Å². The van der Waals surface area contributed by atoms with Crippen molar-refractivity contribution in [3.8, 4) is 16.9 Å². The van der Waals surface area contributed by atoms with Gasteiger partial charge in [0.1, 0.15) is 36.1 Å². The molecule has 2 aromatic rings. The van der Waals surface area contributed by atoms with E-state index in [0.29, 0.717) is 10.3 Å². The number of hydrogen-bond acceptors (Lipinski definition) is 3. The Kier molecular flexibility index (Phi) is 6.55. The monoisotopic (exact) mass is 446 g/mol. The van der Waals surface area contributed by atoms with Crippen LogP contribution in [0.4, 0.5) is 17.6 Å². The number of halogens is 7. The molecule has 0 spiro atoms. The molecular formula is C16H13Cl3F4N2O2. The van der Waals surface area contributed by atoms with Crippen LogP contribution in [0.5, 0.6) is 5.75 Å². The summed E-state index contributed by atoms with van der Waals surface area (Å²) >= 11 is 17.8. The fourth-order valence-electron chi connectivity index (χ4n) is 2.36. The smallest absolute Gasteiger partial charge is 0.432 e. The molecule has 2 rings (SSSR count). The molecule has 0 aliphatic rings. The van der Waals surface area contributed by atoms with Gasteiger partial charge in [-0.3, -0.25) is 0 Å². The number of nitrogens with zero attached hydrogens (tertiary/aromatic N) is 2. The number of oxime groups is 1. The van der Waals surface area contributed by atoms with Gasteiger partial charge in [-0.25, -0.2) is 4.39 Å². The Bertz CT molecular complexity index is 895. The topological polar surface area (TPSA) is 35.8 Å². The molecule has 1 aromatic carbocycles. The standard InChI is InChI=1S/C16H13Cl3F4N2O2/c1-7(24-26-3)6-27-11-4-8(10(20)5-9(11)17)12-13(18)14(16(21,22)23)25(2)15(12)19/h4-5H,6H2,1-3H3/b24-7-. The molecule has 11 heteroatoms. The highest BCUT2D eigenvalue weighted by Gasteiger charge is 2.40. The number of alkyl halides is 3. The minimum atomic E-state index is -4.77. The van der Waals surface area contributed by atoms with Crippen LogP contribution in [0.15, 0.2) is 17.3 Å². The van der Waals surface area contributed by atoms with Crippen LogP contribution in [-0.2, 0) is 18.1 Å². The van der Waals surface area contributed by atoms with Gasteiger partial charge in [0.05, 0.1) is 15.8 Å². The first-order chi connectivity index (χ1) is 12.5. The maximum Gasteiger partial charge on any atom is 0.432 e. The lowest BCUT2D eigenvalue weighted by molar-refractivity contribution is -0.142. The van der Waals surface area contributed by atoms with Crippen molar-refractivity contribution in [3.05, 3.63) is 38.8 Å². The maximum atomic E-state index is 14.4. The van der Waals surface area contributed by atoms with Crippen LogP contribution in [0, 0.1) is 5.82 Å². The first-order valence-electron chi connectivity index (χ1n) is 7.28. The van der Waals surface area contributed by atoms with Crippen molar-refractivity contribution in [1.29, 1.82) is 0 Å². The molecule has 0 atom stereocenters. The van der Waals surface area contributed by atoms with E-state index in [4.69, 9.17) is 39.5 Å². The van der Waals surface area contributed by atoms with Crippen LogP contribution in [-0.4, -0.2) is 24.0 Å². The van der Waals surface area contributed by atoms with Crippen molar-refractivity contribution < 1.29 is 27.1 Å². The number of aromatic nitrogens is 1. The molecule has 1 heterocycles. The minimum absolute atomic E-state index is 0.0169. The Morgan fingerprint density at radius 1 is 1.22 bits per heavy atom. The Hall–Kier alpha value is -1.64. The van der Waals surface area contributed by atoms with Crippen LogP contribution in [0.25, 0.3) is 11.1 Å². The van der Waals surface area contributed by atoms with Gasteiger partial charge in [-0.1, -0.05) is 40.0 Å². The van der Waals surface area contributed by atoms with Crippen LogP contribution in [0.2, 0.25) is 15.2 Å². The van der Waals surface area contributed by atoms with E-state index >= 15 is 0 Å². The number of ether oxygens (including phenoxy) is 1. The number of benzene rings is 1. The third kappa shape index (κ3) is 4.44. The summed E-state index contributed by atoms with van der Waals surface area (Å²) in [6, 6.07) is 2.03. The van der Waals surface area contributed by atoms with Gasteiger partial charge in [-0.2, -0.15) is 13.2 Å². The minimum Gasteiger partial charge on any atom is -0.486 e. The highest BCUT2D eigenvalue weighted by Crippen LogP contribution is 2.47. The lowest BCUT2D eigenvalue weighted by Gasteiger charge is -2.11. The van der Waals surface area contributed by atoms with Crippen LogP contribution in [0.1, 0.15) is 12.6 Å². The zero-order chi connectivity index (χ0) is 20.5. The zero-order valence-corrected chi connectivity index (χ0v) is 16.5. The van der Waals surface area contributed by atoms with Crippen molar-refractivity contribution in [1.82, 2.24) is 4.57 Å². The first-order valence-corrected chi connectivity index (χ1v) is 8.42. The second-order valence-electron chi connectivity index (χ2n) is 5.45. The Labute approximate surface area is 167 Å². The zero-order valence-electron chi connectivity index (χ0n) is 14.2. The Morgan fingerprint density at radius 3 is 2.37 bits per heavy atom. The van der Waals surface area contributed by atoms with E-state index in [-0.39, 0.29) is 33.7 Å². The quantitative estimate of drug-likeness (QED) is 0.310. The third-order valence-electron chi connectivity index (χ3n) is 3.51. The summed E-state index contributed by atoms with van der Waals surface area (Å²) in [6.45, 7) is 1.57. The molecule has 0 aliphatic carbocycles. The van der Waals surface area contributed by atoms with E-state index in [0.717, 1.165) is 19.2 Å².